The van der Waals surface area contributed by atoms with Crippen molar-refractivity contribution in [2.45, 2.75) is 19.6 Å². The van der Waals surface area contributed by atoms with Gasteiger partial charge >= 0.3 is 0 Å². The van der Waals surface area contributed by atoms with E-state index in [1.54, 1.807) is 30.3 Å². The van der Waals surface area contributed by atoms with Gasteiger partial charge in [0, 0.05) is 26.4 Å². The molecule has 6 aromatic carbocycles. The number of nitrogen functional groups attached to an aromatic ring is 1. The van der Waals surface area contributed by atoms with Gasteiger partial charge in [0.25, 0.3) is 20.2 Å². The Bertz CT molecular complexity index is 2660. The number of azo groups is 2. The van der Waals surface area contributed by atoms with Gasteiger partial charge in [-0.1, -0.05) is 34.3 Å². The number of fused-ring (bicyclic) bond motifs is 3. The van der Waals surface area contributed by atoms with E-state index in [1.165, 1.54) is 30.3 Å². The Morgan fingerprint density at radius 3 is 1.96 bits per heavy atom. The average Bonchev–Trinajstić information content (AvgIpc) is 3.11. The average molecular weight is 788 g/mol. The molecule has 0 aromatic heterocycles. The molecule has 0 spiro atoms. The summed E-state index contributed by atoms with van der Waals surface area (Å²) >= 11 is 1.15. The van der Waals surface area contributed by atoms with Crippen LogP contribution in [-0.4, -0.2) is 41.6 Å². The number of benzene rings is 6. The van der Waals surface area contributed by atoms with Crippen LogP contribution in [-0.2, 0) is 39.0 Å². The number of hydrogen-bond donors (Lipinski definition) is 6. The number of phenolic OH excluding ortho intramolecular Hbond substituents is 1. The van der Waals surface area contributed by atoms with Crippen molar-refractivity contribution in [1.29, 1.82) is 0 Å². The molecule has 268 valence electrons. The fourth-order valence-corrected chi connectivity index (χ4v) is 7.27. The molecule has 0 bridgehead atoms. The molecule has 0 heterocycles. The summed E-state index contributed by atoms with van der Waals surface area (Å²) in [4.78, 5) is -0.526. The normalized spacial score (nSPS) is 12.6. The van der Waals surface area contributed by atoms with Gasteiger partial charge in [-0.15, -0.1) is 24.0 Å². The summed E-state index contributed by atoms with van der Waals surface area (Å²) in [6, 6.07) is 20.6. The maximum absolute atomic E-state index is 12.1. The van der Waals surface area contributed by atoms with Crippen molar-refractivity contribution in [2.24, 2.45) is 20.5 Å². The molecule has 18 nitrogen and oxygen atoms in total. The zero-order valence-electron chi connectivity index (χ0n) is 25.6. The van der Waals surface area contributed by atoms with E-state index < -0.39 is 41.5 Å². The molecule has 6 aromatic rings. The van der Waals surface area contributed by atoms with Crippen LogP contribution >= 0.6 is 24.1 Å². The van der Waals surface area contributed by atoms with Gasteiger partial charge in [-0.3, -0.25) is 9.11 Å². The number of hydrogen-bond acceptors (Lipinski definition) is 18. The largest absolute Gasteiger partial charge is 0.505 e. The molecule has 0 unspecified atom stereocenters. The maximum atomic E-state index is 12.1. The molecular weight excluding hydrogens is 767 g/mol. The first kappa shape index (κ1) is 37.0. The molecule has 0 aliphatic heterocycles. The number of phenols is 1. The molecule has 0 saturated carbocycles. The summed E-state index contributed by atoms with van der Waals surface area (Å²) in [5.74, 6) is -0.567. The van der Waals surface area contributed by atoms with Crippen molar-refractivity contribution < 1.29 is 60.3 Å². The van der Waals surface area contributed by atoms with E-state index in [0.717, 1.165) is 41.0 Å². The standard InChI is InChI=1S/C30H21N5O13S4/c31-28-22-14-26(50-48-46-38)29(30(36)20(22)8-11-27(28)52(42,43)44)35-34-24-10-9-23(19-7-5-17(13-21(19)24)51(39,40)41)33-32-16-4-6-18-15(12-16)2-1-3-25(18)49-47-45-37/h1-14,36-38H,31H2,(H,39,40,41)(H,42,43,44)/b33-32+,35-34+. The van der Waals surface area contributed by atoms with Crippen LogP contribution < -0.4 is 5.73 Å². The van der Waals surface area contributed by atoms with Gasteiger partial charge < -0.3 is 10.8 Å². The van der Waals surface area contributed by atoms with Crippen molar-refractivity contribution in [3.8, 4) is 5.75 Å². The number of nitrogens with two attached hydrogens (primary N) is 1. The third-order valence-corrected chi connectivity index (χ3v) is 10.5. The van der Waals surface area contributed by atoms with E-state index in [4.69, 9.17) is 16.2 Å². The van der Waals surface area contributed by atoms with Crippen molar-refractivity contribution in [3.05, 3.63) is 84.9 Å². The predicted octanol–water partition coefficient (Wildman–Crippen LogP) is 8.61. The number of aromatic hydroxyl groups is 1. The Hall–Kier alpha value is -4.82. The monoisotopic (exact) mass is 787 g/mol. The van der Waals surface area contributed by atoms with Crippen LogP contribution in [0, 0.1) is 0 Å². The molecule has 0 saturated heterocycles. The molecule has 0 radical (unpaired) electrons. The summed E-state index contributed by atoms with van der Waals surface area (Å²) in [7, 11) is -9.41. The lowest BCUT2D eigenvalue weighted by molar-refractivity contribution is -0.432. The van der Waals surface area contributed by atoms with E-state index in [0.29, 0.717) is 28.0 Å². The van der Waals surface area contributed by atoms with Gasteiger partial charge in [0.05, 0.1) is 56.6 Å². The summed E-state index contributed by atoms with van der Waals surface area (Å²) < 4.78 is 76.1. The van der Waals surface area contributed by atoms with Crippen LogP contribution in [0.2, 0.25) is 0 Å². The fourth-order valence-electron chi connectivity index (χ4n) is 5.13. The minimum absolute atomic E-state index is 0.00132. The fraction of sp³-hybridized carbons (Fsp3) is 0. The lowest BCUT2D eigenvalue weighted by Crippen LogP contribution is -2.03. The Kier molecular flexibility index (Phi) is 10.7. The highest BCUT2D eigenvalue weighted by atomic mass is 32.2. The van der Waals surface area contributed by atoms with E-state index in [1.807, 2.05) is 6.07 Å². The molecular formula is C30H21N5O13S4. The molecule has 0 fully saturated rings. The summed E-state index contributed by atoms with van der Waals surface area (Å²) in [5, 5.41) is 54.8. The molecule has 0 atom stereocenters. The first-order valence-electron chi connectivity index (χ1n) is 14.1. The molecule has 7 N–H and O–H groups in total. The van der Waals surface area contributed by atoms with E-state index in [9.17, 15) is 31.0 Å². The molecule has 0 amide bonds. The highest BCUT2D eigenvalue weighted by Gasteiger charge is 2.22. The van der Waals surface area contributed by atoms with Gasteiger partial charge in [-0.05, 0) is 71.4 Å². The topological polar surface area (TPSA) is 282 Å². The van der Waals surface area contributed by atoms with Crippen LogP contribution in [0.3, 0.4) is 0 Å². The zero-order valence-corrected chi connectivity index (χ0v) is 28.9. The minimum Gasteiger partial charge on any atom is -0.505 e. The van der Waals surface area contributed by atoms with Crippen molar-refractivity contribution >= 4 is 105 Å². The Morgan fingerprint density at radius 2 is 1.27 bits per heavy atom. The second kappa shape index (κ2) is 15.0. The third-order valence-electron chi connectivity index (χ3n) is 7.42. The number of rotatable bonds is 12. The Morgan fingerprint density at radius 1 is 0.615 bits per heavy atom. The van der Waals surface area contributed by atoms with Crippen molar-refractivity contribution in [1.82, 2.24) is 0 Å². The lowest BCUT2D eigenvalue weighted by atomic mass is 10.1. The van der Waals surface area contributed by atoms with Gasteiger partial charge in [-0.25, -0.2) is 10.5 Å². The SMILES string of the molecule is Nc1c(S(=O)(=O)O)ccc2c(O)c(/N=N/c3ccc(/N=N/c4ccc5c(SOOO)cccc5c4)c4ccc(S(=O)(=O)O)cc34)c(SOOO)cc12. The van der Waals surface area contributed by atoms with Crippen LogP contribution in [0.4, 0.5) is 28.4 Å². The highest BCUT2D eigenvalue weighted by molar-refractivity contribution is 7.95. The first-order chi connectivity index (χ1) is 24.8. The number of nitrogens with zero attached hydrogens (tertiary/aromatic N) is 4. The number of anilines is 1. The van der Waals surface area contributed by atoms with Crippen molar-refractivity contribution in [3.63, 3.8) is 0 Å². The molecule has 0 aliphatic rings. The van der Waals surface area contributed by atoms with Gasteiger partial charge in [0.2, 0.25) is 0 Å². The second-order valence-corrected chi connectivity index (χ2v) is 14.7. The molecule has 52 heavy (non-hydrogen) atoms. The predicted molar refractivity (Wildman–Crippen MR) is 187 cm³/mol. The van der Waals surface area contributed by atoms with E-state index >= 15 is 0 Å². The van der Waals surface area contributed by atoms with Gasteiger partial charge in [0.1, 0.15) is 10.6 Å². The maximum Gasteiger partial charge on any atom is 0.296 e. The summed E-state index contributed by atoms with van der Waals surface area (Å²) in [5.41, 5.74) is 6.07. The van der Waals surface area contributed by atoms with Gasteiger partial charge in [0.15, 0.2) is 5.75 Å². The van der Waals surface area contributed by atoms with E-state index in [-0.39, 0.29) is 38.1 Å². The summed E-state index contributed by atoms with van der Waals surface area (Å²) in [6.45, 7) is 0. The van der Waals surface area contributed by atoms with Gasteiger partial charge in [-0.2, -0.15) is 21.9 Å². The summed E-state index contributed by atoms with van der Waals surface area (Å²) in [6.07, 6.45) is 0. The quantitative estimate of drug-likeness (QED) is 0.0169. The highest BCUT2D eigenvalue weighted by Crippen LogP contribution is 2.47. The van der Waals surface area contributed by atoms with Crippen molar-refractivity contribution in [2.75, 3.05) is 5.73 Å². The second-order valence-electron chi connectivity index (χ2n) is 10.4. The van der Waals surface area contributed by atoms with E-state index in [2.05, 4.69) is 39.2 Å². The minimum atomic E-state index is -4.74. The third kappa shape index (κ3) is 7.68. The Labute approximate surface area is 300 Å². The van der Waals surface area contributed by atoms with Crippen LogP contribution in [0.1, 0.15) is 0 Å². The Balaban J connectivity index is 1.44. The molecule has 22 heteroatoms. The molecule has 0 aliphatic carbocycles. The van der Waals surface area contributed by atoms with Crippen LogP contribution in [0.5, 0.6) is 5.75 Å². The van der Waals surface area contributed by atoms with Crippen LogP contribution in [0.25, 0.3) is 32.3 Å². The van der Waals surface area contributed by atoms with Crippen LogP contribution in [0.15, 0.2) is 125 Å². The first-order valence-corrected chi connectivity index (χ1v) is 18.4. The smallest absolute Gasteiger partial charge is 0.296 e. The lowest BCUT2D eigenvalue weighted by Gasteiger charge is -2.12. The molecule has 6 rings (SSSR count). The zero-order chi connectivity index (χ0) is 37.2.